The summed E-state index contributed by atoms with van der Waals surface area (Å²) in [6.45, 7) is 0.293. The third-order valence-electron chi connectivity index (χ3n) is 6.17. The molecule has 0 spiro atoms. The first-order valence-electron chi connectivity index (χ1n) is 11.0. The number of hydrogen-bond donors (Lipinski definition) is 1. The van der Waals surface area contributed by atoms with Crippen LogP contribution in [0.1, 0.15) is 22.7 Å². The highest BCUT2D eigenvalue weighted by atomic mass is 35.5. The molecule has 1 unspecified atom stereocenters. The van der Waals surface area contributed by atoms with Crippen LogP contribution in [0.15, 0.2) is 72.3 Å². The Morgan fingerprint density at radius 1 is 1.00 bits per heavy atom. The van der Waals surface area contributed by atoms with E-state index in [0.717, 1.165) is 11.3 Å². The summed E-state index contributed by atoms with van der Waals surface area (Å²) in [7, 11) is 3.86. The minimum atomic E-state index is -0.771. The summed E-state index contributed by atoms with van der Waals surface area (Å²) in [6, 6.07) is 18.7. The molecule has 2 aliphatic rings. The molecule has 1 fully saturated rings. The second-order valence-electron chi connectivity index (χ2n) is 8.61. The average molecular weight is 491 g/mol. The van der Waals surface area contributed by atoms with E-state index in [9.17, 15) is 14.7 Å². The molecule has 3 aromatic rings. The first-order valence-corrected chi connectivity index (χ1v) is 11.4. The number of halogens is 1. The van der Waals surface area contributed by atoms with E-state index in [-0.39, 0.29) is 24.7 Å². The van der Waals surface area contributed by atoms with Gasteiger partial charge in [-0.1, -0.05) is 29.8 Å². The number of hydrogen-bond acceptors (Lipinski definition) is 6. The van der Waals surface area contributed by atoms with E-state index in [0.29, 0.717) is 27.6 Å². The maximum Gasteiger partial charge on any atom is 0.295 e. The number of fused-ring (bicyclic) bond motifs is 1. The van der Waals surface area contributed by atoms with Crippen molar-refractivity contribution in [1.82, 2.24) is 4.90 Å². The van der Waals surface area contributed by atoms with E-state index >= 15 is 0 Å². The van der Waals surface area contributed by atoms with Crippen molar-refractivity contribution in [1.29, 1.82) is 0 Å². The van der Waals surface area contributed by atoms with Gasteiger partial charge >= 0.3 is 0 Å². The van der Waals surface area contributed by atoms with Crippen LogP contribution in [-0.2, 0) is 16.1 Å². The predicted octanol–water partition coefficient (Wildman–Crippen LogP) is 4.76. The fourth-order valence-electron chi connectivity index (χ4n) is 4.34. The normalized spacial score (nSPS) is 18.3. The molecule has 1 atom stereocenters. The summed E-state index contributed by atoms with van der Waals surface area (Å²) in [5.41, 5.74) is 2.91. The molecule has 1 saturated heterocycles. The lowest BCUT2D eigenvalue weighted by Crippen LogP contribution is -2.29. The standard InChI is InChI=1S/C27H23ClN2O5/c1-29(2)20-10-6-17(7-11-20)24-23(25(31)18-4-8-19(28)9-5-18)26(32)27(33)30(24)14-16-3-12-21-22(13-16)35-15-34-21/h3-13,24,31H,14-15H2,1-2H3/b25-23+. The molecule has 3 aromatic carbocycles. The number of Topliss-reactive ketones (excluding diaryl/α,β-unsaturated/α-hetero) is 1. The van der Waals surface area contributed by atoms with Crippen molar-refractivity contribution in [3.05, 3.63) is 94.0 Å². The molecule has 1 amide bonds. The first-order chi connectivity index (χ1) is 16.8. The molecule has 0 bridgehead atoms. The van der Waals surface area contributed by atoms with Crippen LogP contribution in [0.2, 0.25) is 5.02 Å². The van der Waals surface area contributed by atoms with Crippen molar-refractivity contribution in [3.63, 3.8) is 0 Å². The molecule has 1 N–H and O–H groups in total. The number of likely N-dealkylation sites (tertiary alicyclic amines) is 1. The summed E-state index contributed by atoms with van der Waals surface area (Å²) < 4.78 is 10.8. The average Bonchev–Trinajstić information content (AvgIpc) is 3.42. The summed E-state index contributed by atoms with van der Waals surface area (Å²) in [4.78, 5) is 29.9. The number of nitrogens with zero attached hydrogens (tertiary/aromatic N) is 2. The predicted molar refractivity (Wildman–Crippen MR) is 133 cm³/mol. The number of ether oxygens (including phenoxy) is 2. The summed E-state index contributed by atoms with van der Waals surface area (Å²) in [5.74, 6) is -0.434. The molecule has 178 valence electrons. The third-order valence-corrected chi connectivity index (χ3v) is 6.42. The lowest BCUT2D eigenvalue weighted by atomic mass is 9.95. The Hall–Kier alpha value is -3.97. The minimum absolute atomic E-state index is 0.0377. The van der Waals surface area contributed by atoms with E-state index in [2.05, 4.69) is 0 Å². The molecule has 0 radical (unpaired) electrons. The Balaban J connectivity index is 1.60. The van der Waals surface area contributed by atoms with Crippen LogP contribution in [-0.4, -0.2) is 42.6 Å². The zero-order valence-corrected chi connectivity index (χ0v) is 20.0. The van der Waals surface area contributed by atoms with E-state index < -0.39 is 17.7 Å². The van der Waals surface area contributed by atoms with Gasteiger partial charge in [0.1, 0.15) is 5.76 Å². The topological polar surface area (TPSA) is 79.3 Å². The summed E-state index contributed by atoms with van der Waals surface area (Å²) >= 11 is 6.00. The van der Waals surface area contributed by atoms with Gasteiger partial charge in [0.15, 0.2) is 11.5 Å². The molecule has 0 aromatic heterocycles. The monoisotopic (exact) mass is 490 g/mol. The van der Waals surface area contributed by atoms with Gasteiger partial charge < -0.3 is 24.4 Å². The molecule has 0 saturated carbocycles. The van der Waals surface area contributed by atoms with E-state index in [1.54, 1.807) is 36.4 Å². The molecule has 5 rings (SSSR count). The minimum Gasteiger partial charge on any atom is -0.507 e. The zero-order valence-electron chi connectivity index (χ0n) is 19.2. The number of rotatable bonds is 5. The molecule has 7 nitrogen and oxygen atoms in total. The highest BCUT2D eigenvalue weighted by molar-refractivity contribution is 6.46. The molecule has 2 aliphatic heterocycles. The lowest BCUT2D eigenvalue weighted by Gasteiger charge is -2.26. The Kier molecular flexibility index (Phi) is 5.86. The lowest BCUT2D eigenvalue weighted by molar-refractivity contribution is -0.140. The SMILES string of the molecule is CN(C)c1ccc(C2/C(=C(\O)c3ccc(Cl)cc3)C(=O)C(=O)N2Cc2ccc3c(c2)OCO3)cc1. The number of aliphatic hydroxyl groups excluding tert-OH is 1. The number of amides is 1. The van der Waals surface area contributed by atoms with Gasteiger partial charge in [-0.25, -0.2) is 0 Å². The van der Waals surface area contributed by atoms with Gasteiger partial charge in [0.25, 0.3) is 11.7 Å². The van der Waals surface area contributed by atoms with Gasteiger partial charge in [-0.3, -0.25) is 9.59 Å². The summed E-state index contributed by atoms with van der Waals surface area (Å²) in [5, 5.41) is 11.7. The maximum absolute atomic E-state index is 13.2. The van der Waals surface area contributed by atoms with Gasteiger partial charge in [0.05, 0.1) is 11.6 Å². The number of carbonyl (C=O) groups excluding carboxylic acids is 2. The van der Waals surface area contributed by atoms with Gasteiger partial charge in [-0.05, 0) is 59.7 Å². The first kappa shape index (κ1) is 22.8. The van der Waals surface area contributed by atoms with Gasteiger partial charge in [0, 0.05) is 36.9 Å². The van der Waals surface area contributed by atoms with Crippen LogP contribution in [0, 0.1) is 0 Å². The van der Waals surface area contributed by atoms with Crippen LogP contribution < -0.4 is 14.4 Å². The number of carbonyl (C=O) groups is 2. The number of ketones is 1. The number of benzene rings is 3. The van der Waals surface area contributed by atoms with Crippen molar-refractivity contribution in [3.8, 4) is 11.5 Å². The second-order valence-corrected chi connectivity index (χ2v) is 9.04. The quantitative estimate of drug-likeness (QED) is 0.316. The third kappa shape index (κ3) is 4.19. The maximum atomic E-state index is 13.2. The van der Waals surface area contributed by atoms with Gasteiger partial charge in [0.2, 0.25) is 6.79 Å². The van der Waals surface area contributed by atoms with Gasteiger partial charge in [-0.2, -0.15) is 0 Å². The molecular formula is C27H23ClN2O5. The Morgan fingerprint density at radius 3 is 2.37 bits per heavy atom. The van der Waals surface area contributed by atoms with E-state index in [1.165, 1.54) is 4.90 Å². The second kappa shape index (κ2) is 9.00. The van der Waals surface area contributed by atoms with Crippen molar-refractivity contribution < 1.29 is 24.2 Å². The van der Waals surface area contributed by atoms with Crippen LogP contribution in [0.4, 0.5) is 5.69 Å². The van der Waals surface area contributed by atoms with Crippen molar-refractivity contribution in [2.24, 2.45) is 0 Å². The molecule has 35 heavy (non-hydrogen) atoms. The molecule has 0 aliphatic carbocycles. The van der Waals surface area contributed by atoms with Crippen LogP contribution >= 0.6 is 11.6 Å². The van der Waals surface area contributed by atoms with Crippen molar-refractivity contribution >= 4 is 34.7 Å². The van der Waals surface area contributed by atoms with Crippen LogP contribution in [0.5, 0.6) is 11.5 Å². The Bertz CT molecular complexity index is 1330. The highest BCUT2D eigenvalue weighted by Crippen LogP contribution is 2.41. The Labute approximate surface area is 207 Å². The largest absolute Gasteiger partial charge is 0.507 e. The fourth-order valence-corrected chi connectivity index (χ4v) is 4.47. The van der Waals surface area contributed by atoms with E-state index in [1.807, 2.05) is 49.3 Å². The zero-order chi connectivity index (χ0) is 24.7. The fraction of sp³-hybridized carbons (Fsp3) is 0.185. The smallest absolute Gasteiger partial charge is 0.295 e. The van der Waals surface area contributed by atoms with Crippen molar-refractivity contribution in [2.45, 2.75) is 12.6 Å². The Morgan fingerprint density at radius 2 is 1.69 bits per heavy atom. The highest BCUT2D eigenvalue weighted by Gasteiger charge is 2.46. The van der Waals surface area contributed by atoms with Crippen LogP contribution in [0.3, 0.4) is 0 Å². The summed E-state index contributed by atoms with van der Waals surface area (Å²) in [6.07, 6.45) is 0. The van der Waals surface area contributed by atoms with Gasteiger partial charge in [-0.15, -0.1) is 0 Å². The van der Waals surface area contributed by atoms with E-state index in [4.69, 9.17) is 21.1 Å². The van der Waals surface area contributed by atoms with Crippen molar-refractivity contribution in [2.75, 3.05) is 25.8 Å². The number of aliphatic hydroxyl groups is 1. The number of anilines is 1. The molecule has 8 heteroatoms. The van der Waals surface area contributed by atoms with Crippen LogP contribution in [0.25, 0.3) is 5.76 Å². The molecule has 2 heterocycles. The molecular weight excluding hydrogens is 468 g/mol.